The topological polar surface area (TPSA) is 60.9 Å². The summed E-state index contributed by atoms with van der Waals surface area (Å²) < 4.78 is 14.1. The fourth-order valence-electron chi connectivity index (χ4n) is 4.49. The minimum absolute atomic E-state index is 0.198. The number of benzene rings is 1. The average molecular weight is 358 g/mol. The van der Waals surface area contributed by atoms with Gasteiger partial charge in [-0.2, -0.15) is 0 Å². The number of nitrogens with zero attached hydrogens (tertiary/aromatic N) is 1. The lowest BCUT2D eigenvalue weighted by Gasteiger charge is -2.57. The largest absolute Gasteiger partial charge is 0.384 e. The number of fused-ring (bicyclic) bond motifs is 3. The average Bonchev–Trinajstić information content (AvgIpc) is 3.03. The molecule has 25 heavy (non-hydrogen) atoms. The molecular formula is C19H17ClFN3O. The zero-order valence-electron chi connectivity index (χ0n) is 13.4. The van der Waals surface area contributed by atoms with Crippen molar-refractivity contribution < 1.29 is 9.50 Å². The van der Waals surface area contributed by atoms with Gasteiger partial charge in [-0.15, -0.1) is 0 Å². The third kappa shape index (κ3) is 2.03. The van der Waals surface area contributed by atoms with Crippen LogP contribution >= 0.6 is 11.6 Å². The molecule has 2 fully saturated rings. The van der Waals surface area contributed by atoms with Crippen LogP contribution in [0.3, 0.4) is 0 Å². The number of nitrogens with one attached hydrogen (secondary N) is 2. The fourth-order valence-corrected chi connectivity index (χ4v) is 4.82. The number of hydrogen-bond donors (Lipinski definition) is 3. The maximum atomic E-state index is 14.1. The molecule has 0 amide bonds. The van der Waals surface area contributed by atoms with Crippen LogP contribution in [0.1, 0.15) is 12.0 Å². The molecule has 2 aliphatic rings. The lowest BCUT2D eigenvalue weighted by atomic mass is 9.56. The van der Waals surface area contributed by atoms with E-state index in [9.17, 15) is 9.50 Å². The van der Waals surface area contributed by atoms with E-state index in [4.69, 9.17) is 11.6 Å². The van der Waals surface area contributed by atoms with Crippen molar-refractivity contribution in [1.29, 1.82) is 0 Å². The van der Waals surface area contributed by atoms with E-state index in [-0.39, 0.29) is 17.7 Å². The number of halogens is 2. The first-order chi connectivity index (χ1) is 12.1. The van der Waals surface area contributed by atoms with Gasteiger partial charge in [0.15, 0.2) is 5.82 Å². The van der Waals surface area contributed by atoms with Crippen LogP contribution in [0.2, 0.25) is 5.02 Å². The molecule has 2 bridgehead atoms. The standard InChI is InChI=1S/C19H17ClFN3O/c20-15-5-10(13-3-4-23-18-17(13)16(21)9-24-18)1-2-14(15)19(25)11-6-12(19)8-22-7-11/h1-5,9,11-12,22,25H,6-8H2,(H,23,24). The lowest BCUT2D eigenvalue weighted by molar-refractivity contribution is -0.175. The van der Waals surface area contributed by atoms with Gasteiger partial charge >= 0.3 is 0 Å². The van der Waals surface area contributed by atoms with Crippen molar-refractivity contribution in [1.82, 2.24) is 15.3 Å². The SMILES string of the molecule is OC1(c2ccc(-c3ccnc4[nH]cc(F)c34)cc2Cl)C2CNCC1C2. The number of aromatic amines is 1. The Morgan fingerprint density at radius 1 is 1.24 bits per heavy atom. The predicted octanol–water partition coefficient (Wildman–Crippen LogP) is 3.45. The molecule has 1 saturated carbocycles. The van der Waals surface area contributed by atoms with Gasteiger partial charge in [-0.05, 0) is 29.7 Å². The quantitative estimate of drug-likeness (QED) is 0.658. The summed E-state index contributed by atoms with van der Waals surface area (Å²) in [4.78, 5) is 6.98. The second-order valence-corrected chi connectivity index (χ2v) is 7.43. The van der Waals surface area contributed by atoms with Gasteiger partial charge in [0, 0.05) is 47.9 Å². The van der Waals surface area contributed by atoms with E-state index >= 15 is 0 Å². The summed E-state index contributed by atoms with van der Waals surface area (Å²) in [6, 6.07) is 7.39. The van der Waals surface area contributed by atoms with Crippen LogP contribution in [0.4, 0.5) is 4.39 Å². The molecule has 5 rings (SSSR count). The van der Waals surface area contributed by atoms with E-state index in [1.807, 2.05) is 18.2 Å². The molecule has 6 heteroatoms. The number of pyridine rings is 1. The van der Waals surface area contributed by atoms with Crippen LogP contribution in [0.15, 0.2) is 36.7 Å². The number of H-pyrrole nitrogens is 1. The first-order valence-electron chi connectivity index (χ1n) is 8.44. The molecule has 0 radical (unpaired) electrons. The Morgan fingerprint density at radius 2 is 2.04 bits per heavy atom. The first-order valence-corrected chi connectivity index (χ1v) is 8.82. The third-order valence-corrected chi connectivity index (χ3v) is 6.14. The van der Waals surface area contributed by atoms with Gasteiger partial charge in [0.05, 0.1) is 11.0 Å². The molecular weight excluding hydrogens is 341 g/mol. The van der Waals surface area contributed by atoms with Gasteiger partial charge in [-0.1, -0.05) is 23.7 Å². The van der Waals surface area contributed by atoms with Gasteiger partial charge < -0.3 is 15.4 Å². The molecule has 1 aliphatic carbocycles. The zero-order valence-corrected chi connectivity index (χ0v) is 14.1. The Morgan fingerprint density at radius 3 is 2.76 bits per heavy atom. The highest BCUT2D eigenvalue weighted by molar-refractivity contribution is 6.31. The minimum atomic E-state index is -0.853. The molecule has 1 saturated heterocycles. The number of piperidine rings is 2. The summed E-state index contributed by atoms with van der Waals surface area (Å²) >= 11 is 6.56. The summed E-state index contributed by atoms with van der Waals surface area (Å²) in [5.74, 6) is 0.0604. The van der Waals surface area contributed by atoms with Crippen molar-refractivity contribution in [3.05, 3.63) is 53.1 Å². The third-order valence-electron chi connectivity index (χ3n) is 5.83. The predicted molar refractivity (Wildman–Crippen MR) is 94.9 cm³/mol. The molecule has 1 aromatic carbocycles. The summed E-state index contributed by atoms with van der Waals surface area (Å²) in [6.45, 7) is 1.62. The van der Waals surface area contributed by atoms with E-state index in [0.29, 0.717) is 16.1 Å². The molecule has 0 spiro atoms. The van der Waals surface area contributed by atoms with Crippen molar-refractivity contribution in [2.75, 3.05) is 13.1 Å². The molecule has 3 N–H and O–H groups in total. The lowest BCUT2D eigenvalue weighted by Crippen LogP contribution is -2.64. The van der Waals surface area contributed by atoms with Crippen LogP contribution in [0, 0.1) is 17.7 Å². The highest BCUT2D eigenvalue weighted by Crippen LogP contribution is 2.54. The Labute approximate surface area is 149 Å². The van der Waals surface area contributed by atoms with E-state index in [1.165, 1.54) is 6.20 Å². The van der Waals surface area contributed by atoms with Crippen molar-refractivity contribution >= 4 is 22.6 Å². The van der Waals surface area contributed by atoms with Crippen molar-refractivity contribution in [3.8, 4) is 11.1 Å². The van der Waals surface area contributed by atoms with Crippen LogP contribution in [0.25, 0.3) is 22.2 Å². The zero-order chi connectivity index (χ0) is 17.2. The van der Waals surface area contributed by atoms with E-state index in [1.54, 1.807) is 12.3 Å². The molecule has 3 aromatic rings. The summed E-state index contributed by atoms with van der Waals surface area (Å²) in [6.07, 6.45) is 3.98. The second-order valence-electron chi connectivity index (χ2n) is 7.03. The normalized spacial score (nSPS) is 28.1. The summed E-state index contributed by atoms with van der Waals surface area (Å²) in [5.41, 5.74) is 1.98. The van der Waals surface area contributed by atoms with Gasteiger partial charge in [0.1, 0.15) is 5.65 Å². The van der Waals surface area contributed by atoms with Crippen molar-refractivity contribution in [2.24, 2.45) is 11.8 Å². The first kappa shape index (κ1) is 15.3. The Kier molecular flexibility index (Phi) is 3.23. The number of rotatable bonds is 2. The molecule has 1 aliphatic heterocycles. The smallest absolute Gasteiger partial charge is 0.150 e. The highest BCUT2D eigenvalue weighted by atomic mass is 35.5. The molecule has 2 atom stereocenters. The maximum absolute atomic E-state index is 14.1. The molecule has 128 valence electrons. The summed E-state index contributed by atoms with van der Waals surface area (Å²) in [7, 11) is 0. The maximum Gasteiger partial charge on any atom is 0.150 e. The van der Waals surface area contributed by atoms with E-state index in [2.05, 4.69) is 15.3 Å². The second kappa shape index (κ2) is 5.27. The van der Waals surface area contributed by atoms with E-state index in [0.717, 1.165) is 36.2 Å². The Hall–Kier alpha value is -1.95. The fraction of sp³-hybridized carbons (Fsp3) is 0.316. The van der Waals surface area contributed by atoms with Crippen molar-refractivity contribution in [2.45, 2.75) is 12.0 Å². The van der Waals surface area contributed by atoms with Gasteiger partial charge in [-0.25, -0.2) is 9.37 Å². The summed E-state index contributed by atoms with van der Waals surface area (Å²) in [5, 5.41) is 15.5. The van der Waals surface area contributed by atoms with Crippen molar-refractivity contribution in [3.63, 3.8) is 0 Å². The Balaban J connectivity index is 1.61. The monoisotopic (exact) mass is 357 g/mol. The van der Waals surface area contributed by atoms with E-state index < -0.39 is 5.60 Å². The minimum Gasteiger partial charge on any atom is -0.384 e. The molecule has 3 heterocycles. The Bertz CT molecular complexity index is 972. The van der Waals surface area contributed by atoms with Crippen LogP contribution < -0.4 is 5.32 Å². The number of hydrogen-bond acceptors (Lipinski definition) is 3. The van der Waals surface area contributed by atoms with Gasteiger partial charge in [0.2, 0.25) is 0 Å². The van der Waals surface area contributed by atoms with Crippen LogP contribution in [-0.2, 0) is 5.60 Å². The molecule has 2 aromatic heterocycles. The number of aromatic nitrogens is 2. The highest BCUT2D eigenvalue weighted by Gasteiger charge is 2.57. The number of aliphatic hydroxyl groups is 1. The molecule has 2 unspecified atom stereocenters. The van der Waals surface area contributed by atoms with Crippen LogP contribution in [0.5, 0.6) is 0 Å². The van der Waals surface area contributed by atoms with Gasteiger partial charge in [-0.3, -0.25) is 0 Å². The molecule has 4 nitrogen and oxygen atoms in total. The van der Waals surface area contributed by atoms with Gasteiger partial charge in [0.25, 0.3) is 0 Å². The van der Waals surface area contributed by atoms with Crippen LogP contribution in [-0.4, -0.2) is 28.2 Å².